The average Bonchev–Trinajstić information content (AvgIpc) is 3.26. The minimum Gasteiger partial charge on any atom is -0.488 e. The highest BCUT2D eigenvalue weighted by Crippen LogP contribution is 2.49. The van der Waals surface area contributed by atoms with E-state index < -0.39 is 0 Å². The van der Waals surface area contributed by atoms with Crippen molar-refractivity contribution < 1.29 is 13.9 Å². The molecule has 0 N–H and O–H groups in total. The summed E-state index contributed by atoms with van der Waals surface area (Å²) in [6.45, 7) is 1.30. The van der Waals surface area contributed by atoms with E-state index in [4.69, 9.17) is 4.74 Å². The van der Waals surface area contributed by atoms with Gasteiger partial charge >= 0.3 is 0 Å². The lowest BCUT2D eigenvalue weighted by atomic mass is 10.1. The number of likely N-dealkylation sites (tertiary alicyclic amines) is 1. The van der Waals surface area contributed by atoms with Gasteiger partial charge in [-0.3, -0.25) is 9.78 Å². The zero-order valence-corrected chi connectivity index (χ0v) is 13.3. The van der Waals surface area contributed by atoms with Crippen molar-refractivity contribution in [2.24, 2.45) is 5.92 Å². The maximum Gasteiger partial charge on any atom is 0.226 e. The third kappa shape index (κ3) is 2.98. The molecule has 1 saturated carbocycles. The molecule has 1 aromatic heterocycles. The number of halogens is 1. The van der Waals surface area contributed by atoms with Crippen LogP contribution in [-0.2, 0) is 4.79 Å². The van der Waals surface area contributed by atoms with Crippen LogP contribution < -0.4 is 4.74 Å². The summed E-state index contributed by atoms with van der Waals surface area (Å²) >= 11 is 0. The van der Waals surface area contributed by atoms with Gasteiger partial charge in [-0.25, -0.2) is 4.39 Å². The van der Waals surface area contributed by atoms with Crippen molar-refractivity contribution in [3.05, 3.63) is 60.2 Å². The molecule has 0 spiro atoms. The number of benzene rings is 1. The Morgan fingerprint density at radius 3 is 2.79 bits per heavy atom. The number of rotatable bonds is 4. The summed E-state index contributed by atoms with van der Waals surface area (Å²) in [6.07, 6.45) is 4.96. The van der Waals surface area contributed by atoms with Crippen molar-refractivity contribution in [1.29, 1.82) is 0 Å². The lowest BCUT2D eigenvalue weighted by Gasteiger charge is -2.17. The van der Waals surface area contributed by atoms with Crippen molar-refractivity contribution in [3.63, 3.8) is 0 Å². The molecule has 2 heterocycles. The normalized spacial score (nSPS) is 25.5. The van der Waals surface area contributed by atoms with Gasteiger partial charge in [-0.1, -0.05) is 18.2 Å². The molecule has 5 heteroatoms. The third-order valence-corrected chi connectivity index (χ3v) is 4.82. The van der Waals surface area contributed by atoms with Crippen molar-refractivity contribution in [2.75, 3.05) is 13.1 Å². The van der Waals surface area contributed by atoms with Crippen molar-refractivity contribution in [2.45, 2.75) is 24.9 Å². The fourth-order valence-electron chi connectivity index (χ4n) is 3.46. The minimum absolute atomic E-state index is 0.0158. The summed E-state index contributed by atoms with van der Waals surface area (Å²) in [5.74, 6) is 0.641. The molecule has 4 rings (SSSR count). The van der Waals surface area contributed by atoms with Crippen LogP contribution >= 0.6 is 0 Å². The zero-order chi connectivity index (χ0) is 16.5. The minimum atomic E-state index is -0.210. The van der Waals surface area contributed by atoms with E-state index in [9.17, 15) is 9.18 Å². The van der Waals surface area contributed by atoms with E-state index in [1.807, 2.05) is 23.1 Å². The summed E-state index contributed by atoms with van der Waals surface area (Å²) in [7, 11) is 0. The number of carbonyl (C=O) groups excluding carboxylic acids is 1. The SMILES string of the molecule is O=C([C@@H]1C[C@H]1c1ccccc1F)N1CC[C@H](Oc2ccncc2)C1. The Hall–Kier alpha value is -2.43. The van der Waals surface area contributed by atoms with Gasteiger partial charge in [0.25, 0.3) is 0 Å². The Morgan fingerprint density at radius 1 is 1.21 bits per heavy atom. The number of pyridine rings is 1. The Kier molecular flexibility index (Phi) is 3.92. The van der Waals surface area contributed by atoms with E-state index in [-0.39, 0.29) is 29.7 Å². The van der Waals surface area contributed by atoms with E-state index in [1.165, 1.54) is 6.07 Å². The van der Waals surface area contributed by atoms with Gasteiger partial charge in [-0.2, -0.15) is 0 Å². The first-order chi connectivity index (χ1) is 11.7. The second kappa shape index (κ2) is 6.23. The first-order valence-electron chi connectivity index (χ1n) is 8.32. The molecule has 2 aliphatic rings. The first kappa shape index (κ1) is 15.1. The van der Waals surface area contributed by atoms with Crippen molar-refractivity contribution in [1.82, 2.24) is 9.88 Å². The van der Waals surface area contributed by atoms with E-state index in [2.05, 4.69) is 4.98 Å². The Morgan fingerprint density at radius 2 is 2.00 bits per heavy atom. The predicted octanol–water partition coefficient (Wildman–Crippen LogP) is 3.00. The second-order valence-electron chi connectivity index (χ2n) is 6.47. The van der Waals surface area contributed by atoms with Gasteiger partial charge in [0.05, 0.1) is 6.54 Å². The van der Waals surface area contributed by atoms with E-state index >= 15 is 0 Å². The summed E-state index contributed by atoms with van der Waals surface area (Å²) in [4.78, 5) is 18.5. The molecule has 1 aromatic carbocycles. The lowest BCUT2D eigenvalue weighted by Crippen LogP contribution is -2.32. The molecular formula is C19H19FN2O2. The fourth-order valence-corrected chi connectivity index (χ4v) is 3.46. The number of carbonyl (C=O) groups is 1. The van der Waals surface area contributed by atoms with Gasteiger partial charge in [0.15, 0.2) is 0 Å². The van der Waals surface area contributed by atoms with Crippen LogP contribution in [0, 0.1) is 11.7 Å². The van der Waals surface area contributed by atoms with Crippen LogP contribution in [-0.4, -0.2) is 35.0 Å². The molecule has 2 fully saturated rings. The van der Waals surface area contributed by atoms with Gasteiger partial charge in [0, 0.05) is 31.3 Å². The smallest absolute Gasteiger partial charge is 0.226 e. The molecule has 24 heavy (non-hydrogen) atoms. The molecule has 3 atom stereocenters. The van der Waals surface area contributed by atoms with Crippen molar-refractivity contribution in [3.8, 4) is 5.75 Å². The Balaban J connectivity index is 1.35. The van der Waals surface area contributed by atoms with Crippen molar-refractivity contribution >= 4 is 5.91 Å². The largest absolute Gasteiger partial charge is 0.488 e. The lowest BCUT2D eigenvalue weighted by molar-refractivity contribution is -0.131. The van der Waals surface area contributed by atoms with Crippen LogP contribution in [0.25, 0.3) is 0 Å². The molecule has 1 saturated heterocycles. The summed E-state index contributed by atoms with van der Waals surface area (Å²) in [6, 6.07) is 10.4. The second-order valence-corrected chi connectivity index (χ2v) is 6.47. The molecule has 124 valence electrons. The molecule has 1 amide bonds. The fraction of sp³-hybridized carbons (Fsp3) is 0.368. The van der Waals surface area contributed by atoms with Crippen LogP contribution in [0.15, 0.2) is 48.8 Å². The highest BCUT2D eigenvalue weighted by Gasteiger charge is 2.47. The van der Waals surface area contributed by atoms with Crippen LogP contribution in [0.3, 0.4) is 0 Å². The van der Waals surface area contributed by atoms with Gasteiger partial charge < -0.3 is 9.64 Å². The maximum atomic E-state index is 13.8. The quantitative estimate of drug-likeness (QED) is 0.867. The van der Waals surface area contributed by atoms with Crippen LogP contribution in [0.2, 0.25) is 0 Å². The summed E-state index contributed by atoms with van der Waals surface area (Å²) in [5, 5.41) is 0. The predicted molar refractivity (Wildman–Crippen MR) is 87.1 cm³/mol. The molecule has 1 aliphatic heterocycles. The molecule has 4 nitrogen and oxygen atoms in total. The van der Waals surface area contributed by atoms with Gasteiger partial charge in [0.2, 0.25) is 5.91 Å². The number of nitrogens with zero attached hydrogens (tertiary/aromatic N) is 2. The first-order valence-corrected chi connectivity index (χ1v) is 8.32. The Bertz CT molecular complexity index is 737. The summed E-state index contributed by atoms with van der Waals surface area (Å²) in [5.41, 5.74) is 0.666. The standard InChI is InChI=1S/C19H19FN2O2/c20-18-4-2-1-3-15(18)16-11-17(16)19(23)22-10-7-14(12-22)24-13-5-8-21-9-6-13/h1-6,8-9,14,16-17H,7,10-12H2/t14-,16-,17+/m0/s1. The number of aromatic nitrogens is 1. The van der Waals surface area contributed by atoms with Crippen LogP contribution in [0.5, 0.6) is 5.75 Å². The van der Waals surface area contributed by atoms with Crippen LogP contribution in [0.4, 0.5) is 4.39 Å². The third-order valence-electron chi connectivity index (χ3n) is 4.82. The molecule has 0 bridgehead atoms. The van der Waals surface area contributed by atoms with E-state index in [0.29, 0.717) is 18.7 Å². The van der Waals surface area contributed by atoms with E-state index in [1.54, 1.807) is 24.5 Å². The monoisotopic (exact) mass is 326 g/mol. The topological polar surface area (TPSA) is 42.4 Å². The Labute approximate surface area is 140 Å². The summed E-state index contributed by atoms with van der Waals surface area (Å²) < 4.78 is 19.7. The molecule has 0 unspecified atom stereocenters. The zero-order valence-electron chi connectivity index (χ0n) is 13.3. The number of hydrogen-bond donors (Lipinski definition) is 0. The van der Waals surface area contributed by atoms with Gasteiger partial charge in [0.1, 0.15) is 17.7 Å². The highest BCUT2D eigenvalue weighted by atomic mass is 19.1. The maximum absolute atomic E-state index is 13.8. The number of amides is 1. The van der Waals surface area contributed by atoms with E-state index in [0.717, 1.165) is 18.6 Å². The van der Waals surface area contributed by atoms with Crippen LogP contribution in [0.1, 0.15) is 24.3 Å². The molecular weight excluding hydrogens is 307 g/mol. The molecule has 0 radical (unpaired) electrons. The highest BCUT2D eigenvalue weighted by molar-refractivity contribution is 5.83. The van der Waals surface area contributed by atoms with Gasteiger partial charge in [-0.05, 0) is 36.1 Å². The average molecular weight is 326 g/mol. The number of hydrogen-bond acceptors (Lipinski definition) is 3. The molecule has 1 aliphatic carbocycles. The number of ether oxygens (including phenoxy) is 1. The van der Waals surface area contributed by atoms with Gasteiger partial charge in [-0.15, -0.1) is 0 Å². The molecule has 2 aromatic rings.